The maximum atomic E-state index is 11.0. The highest BCUT2D eigenvalue weighted by atomic mass is 16.1. The van der Waals surface area contributed by atoms with Gasteiger partial charge in [-0.1, -0.05) is 36.4 Å². The molecule has 0 bridgehead atoms. The van der Waals surface area contributed by atoms with Crippen molar-refractivity contribution in [2.24, 2.45) is 0 Å². The standard InChI is InChI=1S/C13H11NO/c15-13-8-9-14-12(10-13)7-6-11-4-2-1-3-5-11/h1-10H,(H,14,15). The lowest BCUT2D eigenvalue weighted by Gasteiger charge is -1.93. The van der Waals surface area contributed by atoms with Gasteiger partial charge in [-0.05, 0) is 11.6 Å². The minimum atomic E-state index is 0.0152. The average molecular weight is 197 g/mol. The van der Waals surface area contributed by atoms with Gasteiger partial charge in [-0.3, -0.25) is 4.79 Å². The number of hydrogen-bond acceptors (Lipinski definition) is 1. The Balaban J connectivity index is 2.23. The predicted octanol–water partition coefficient (Wildman–Crippen LogP) is 2.55. The fraction of sp³-hybridized carbons (Fsp3) is 0. The minimum absolute atomic E-state index is 0.0152. The summed E-state index contributed by atoms with van der Waals surface area (Å²) in [5, 5.41) is 0. The van der Waals surface area contributed by atoms with Crippen LogP contribution in [0.3, 0.4) is 0 Å². The molecule has 1 N–H and O–H groups in total. The van der Waals surface area contributed by atoms with Crippen molar-refractivity contribution in [1.29, 1.82) is 0 Å². The molecule has 0 atom stereocenters. The van der Waals surface area contributed by atoms with E-state index in [1.54, 1.807) is 12.3 Å². The van der Waals surface area contributed by atoms with E-state index in [1.807, 2.05) is 42.5 Å². The van der Waals surface area contributed by atoms with Crippen LogP contribution in [0.1, 0.15) is 11.3 Å². The van der Waals surface area contributed by atoms with Gasteiger partial charge in [0, 0.05) is 24.0 Å². The summed E-state index contributed by atoms with van der Waals surface area (Å²) in [6, 6.07) is 13.0. The first-order valence-electron chi connectivity index (χ1n) is 4.76. The topological polar surface area (TPSA) is 32.9 Å². The van der Waals surface area contributed by atoms with E-state index in [4.69, 9.17) is 0 Å². The molecule has 0 fully saturated rings. The summed E-state index contributed by atoms with van der Waals surface area (Å²) in [7, 11) is 0. The van der Waals surface area contributed by atoms with Gasteiger partial charge in [-0.15, -0.1) is 0 Å². The molecule has 0 amide bonds. The Morgan fingerprint density at radius 2 is 1.80 bits per heavy atom. The first-order chi connectivity index (χ1) is 7.34. The Labute approximate surface area is 87.9 Å². The monoisotopic (exact) mass is 197 g/mol. The number of aromatic nitrogens is 1. The Kier molecular flexibility index (Phi) is 2.79. The number of aromatic amines is 1. The van der Waals surface area contributed by atoms with Crippen molar-refractivity contribution in [2.75, 3.05) is 0 Å². The molecule has 2 nitrogen and oxygen atoms in total. The molecule has 2 rings (SSSR count). The fourth-order valence-electron chi connectivity index (χ4n) is 1.31. The lowest BCUT2D eigenvalue weighted by atomic mass is 10.2. The molecule has 2 aromatic rings. The zero-order valence-corrected chi connectivity index (χ0v) is 8.18. The largest absolute Gasteiger partial charge is 0.361 e. The molecule has 0 saturated heterocycles. The van der Waals surface area contributed by atoms with Gasteiger partial charge in [-0.2, -0.15) is 0 Å². The molecule has 0 spiro atoms. The average Bonchev–Trinajstić information content (AvgIpc) is 2.28. The van der Waals surface area contributed by atoms with E-state index in [1.165, 1.54) is 6.07 Å². The van der Waals surface area contributed by atoms with E-state index in [9.17, 15) is 4.79 Å². The molecule has 1 aromatic carbocycles. The number of benzene rings is 1. The van der Waals surface area contributed by atoms with Gasteiger partial charge in [0.05, 0.1) is 0 Å². The molecule has 74 valence electrons. The fourth-order valence-corrected chi connectivity index (χ4v) is 1.31. The van der Waals surface area contributed by atoms with Crippen LogP contribution in [-0.4, -0.2) is 4.98 Å². The molecule has 15 heavy (non-hydrogen) atoms. The zero-order valence-electron chi connectivity index (χ0n) is 8.18. The highest BCUT2D eigenvalue weighted by molar-refractivity contribution is 5.67. The van der Waals surface area contributed by atoms with Crippen LogP contribution in [0.4, 0.5) is 0 Å². The molecule has 1 heterocycles. The Morgan fingerprint density at radius 1 is 1.00 bits per heavy atom. The van der Waals surface area contributed by atoms with E-state index in [-0.39, 0.29) is 5.43 Å². The van der Waals surface area contributed by atoms with Gasteiger partial charge >= 0.3 is 0 Å². The quantitative estimate of drug-likeness (QED) is 0.788. The zero-order chi connectivity index (χ0) is 10.5. The molecule has 0 aliphatic rings. The number of hydrogen-bond donors (Lipinski definition) is 1. The van der Waals surface area contributed by atoms with Crippen LogP contribution in [0.15, 0.2) is 53.5 Å². The molecule has 0 saturated carbocycles. The van der Waals surface area contributed by atoms with Crippen LogP contribution in [0.25, 0.3) is 12.2 Å². The van der Waals surface area contributed by atoms with Crippen molar-refractivity contribution in [1.82, 2.24) is 4.98 Å². The van der Waals surface area contributed by atoms with Crippen LogP contribution in [0.5, 0.6) is 0 Å². The van der Waals surface area contributed by atoms with Crippen LogP contribution in [0.2, 0.25) is 0 Å². The molecule has 0 aliphatic carbocycles. The summed E-state index contributed by atoms with van der Waals surface area (Å²) in [6.45, 7) is 0. The van der Waals surface area contributed by atoms with Gasteiger partial charge in [0.2, 0.25) is 0 Å². The molecular weight excluding hydrogens is 186 g/mol. The third-order valence-corrected chi connectivity index (χ3v) is 2.05. The van der Waals surface area contributed by atoms with Crippen LogP contribution in [0, 0.1) is 0 Å². The number of nitrogens with one attached hydrogen (secondary N) is 1. The van der Waals surface area contributed by atoms with Crippen molar-refractivity contribution in [2.45, 2.75) is 0 Å². The summed E-state index contributed by atoms with van der Waals surface area (Å²) in [5.74, 6) is 0. The van der Waals surface area contributed by atoms with E-state index in [0.29, 0.717) is 0 Å². The first kappa shape index (κ1) is 9.46. The van der Waals surface area contributed by atoms with Gasteiger partial charge in [0.25, 0.3) is 0 Å². The van der Waals surface area contributed by atoms with E-state index < -0.39 is 0 Å². The Bertz CT molecular complexity index is 511. The SMILES string of the molecule is O=c1cc[nH]c(C=Cc2ccccc2)c1. The van der Waals surface area contributed by atoms with Crippen molar-refractivity contribution in [3.63, 3.8) is 0 Å². The second kappa shape index (κ2) is 4.42. The summed E-state index contributed by atoms with van der Waals surface area (Å²) in [5.41, 5.74) is 1.94. The van der Waals surface area contributed by atoms with Gasteiger partial charge in [0.1, 0.15) is 0 Å². The van der Waals surface area contributed by atoms with Crippen LogP contribution < -0.4 is 5.43 Å². The lowest BCUT2D eigenvalue weighted by molar-refractivity contribution is 1.27. The third kappa shape index (κ3) is 2.68. The second-order valence-electron chi connectivity index (χ2n) is 3.22. The third-order valence-electron chi connectivity index (χ3n) is 2.05. The molecular formula is C13H11NO. The van der Waals surface area contributed by atoms with Gasteiger partial charge in [-0.25, -0.2) is 0 Å². The van der Waals surface area contributed by atoms with E-state index in [2.05, 4.69) is 4.98 Å². The molecule has 0 unspecified atom stereocenters. The number of H-pyrrole nitrogens is 1. The first-order valence-corrected chi connectivity index (χ1v) is 4.76. The summed E-state index contributed by atoms with van der Waals surface area (Å²) in [4.78, 5) is 14.0. The predicted molar refractivity (Wildman–Crippen MR) is 62.4 cm³/mol. The number of pyridine rings is 1. The van der Waals surface area contributed by atoms with Gasteiger partial charge < -0.3 is 4.98 Å². The van der Waals surface area contributed by atoms with Crippen molar-refractivity contribution < 1.29 is 0 Å². The maximum Gasteiger partial charge on any atom is 0.182 e. The molecule has 1 aromatic heterocycles. The maximum absolute atomic E-state index is 11.0. The lowest BCUT2D eigenvalue weighted by Crippen LogP contribution is -1.97. The summed E-state index contributed by atoms with van der Waals surface area (Å²) in [6.07, 6.45) is 5.50. The Morgan fingerprint density at radius 3 is 2.53 bits per heavy atom. The molecule has 0 aliphatic heterocycles. The number of rotatable bonds is 2. The minimum Gasteiger partial charge on any atom is -0.361 e. The summed E-state index contributed by atoms with van der Waals surface area (Å²) < 4.78 is 0. The smallest absolute Gasteiger partial charge is 0.182 e. The molecule has 0 radical (unpaired) electrons. The highest BCUT2D eigenvalue weighted by Crippen LogP contribution is 2.04. The summed E-state index contributed by atoms with van der Waals surface area (Å²) >= 11 is 0. The van der Waals surface area contributed by atoms with Crippen molar-refractivity contribution >= 4 is 12.2 Å². The Hall–Kier alpha value is -2.09. The second-order valence-corrected chi connectivity index (χ2v) is 3.22. The van der Waals surface area contributed by atoms with Crippen molar-refractivity contribution in [3.05, 3.63) is 70.1 Å². The van der Waals surface area contributed by atoms with E-state index in [0.717, 1.165) is 11.3 Å². The van der Waals surface area contributed by atoms with Crippen molar-refractivity contribution in [3.8, 4) is 0 Å². The van der Waals surface area contributed by atoms with Gasteiger partial charge in [0.15, 0.2) is 5.43 Å². The van der Waals surface area contributed by atoms with Crippen LogP contribution in [-0.2, 0) is 0 Å². The van der Waals surface area contributed by atoms with Crippen LogP contribution >= 0.6 is 0 Å². The normalized spacial score (nSPS) is 10.7. The molecule has 2 heteroatoms. The highest BCUT2D eigenvalue weighted by Gasteiger charge is 1.87. The van der Waals surface area contributed by atoms with E-state index >= 15 is 0 Å².